The number of nitrogens with zero attached hydrogens (tertiary/aromatic N) is 4. The second kappa shape index (κ2) is 8.83. The second-order valence-electron chi connectivity index (χ2n) is 12.2. The fourth-order valence-corrected chi connectivity index (χ4v) is 6.59. The largest absolute Gasteiger partial charge is 0.469 e. The van der Waals surface area contributed by atoms with Crippen LogP contribution in [0.25, 0.3) is 0 Å². The number of aliphatic hydroxyl groups is 1. The Labute approximate surface area is 216 Å². The van der Waals surface area contributed by atoms with Gasteiger partial charge in [-0.3, -0.25) is 0 Å². The third-order valence-electron chi connectivity index (χ3n) is 7.84. The molecule has 5 aliphatic rings. The summed E-state index contributed by atoms with van der Waals surface area (Å²) in [6.07, 6.45) is 4.30. The van der Waals surface area contributed by atoms with Crippen molar-refractivity contribution in [1.29, 1.82) is 0 Å². The third kappa shape index (κ3) is 5.11. The molecule has 3 heterocycles. The number of hydrogen-bond donors (Lipinski definition) is 3. The van der Waals surface area contributed by atoms with Gasteiger partial charge in [0.15, 0.2) is 5.82 Å². The predicted molar refractivity (Wildman–Crippen MR) is 135 cm³/mol. The normalized spacial score (nSPS) is 30.6. The molecule has 200 valence electrons. The van der Waals surface area contributed by atoms with Crippen LogP contribution in [0.3, 0.4) is 0 Å². The summed E-state index contributed by atoms with van der Waals surface area (Å²) in [7, 11) is 0. The summed E-state index contributed by atoms with van der Waals surface area (Å²) < 4.78 is 18.0. The van der Waals surface area contributed by atoms with Crippen molar-refractivity contribution >= 4 is 23.7 Å². The number of carbonyl (C=O) groups is 1. The molecule has 2 aromatic rings. The summed E-state index contributed by atoms with van der Waals surface area (Å²) in [6.45, 7) is 8.30. The summed E-state index contributed by atoms with van der Waals surface area (Å²) >= 11 is 0. The van der Waals surface area contributed by atoms with E-state index in [1.807, 2.05) is 20.8 Å². The maximum Gasteiger partial charge on any atom is 0.435 e. The summed E-state index contributed by atoms with van der Waals surface area (Å²) in [5.41, 5.74) is -0.484. The Morgan fingerprint density at radius 2 is 1.86 bits per heavy atom. The van der Waals surface area contributed by atoms with Gasteiger partial charge in [0.1, 0.15) is 17.5 Å². The van der Waals surface area contributed by atoms with Gasteiger partial charge in [-0.1, -0.05) is 0 Å². The molecule has 11 nitrogen and oxygen atoms in total. The fourth-order valence-electron chi connectivity index (χ4n) is 6.59. The van der Waals surface area contributed by atoms with Gasteiger partial charge < -0.3 is 30.0 Å². The van der Waals surface area contributed by atoms with Crippen molar-refractivity contribution in [3.8, 4) is 5.88 Å². The second-order valence-corrected chi connectivity index (χ2v) is 12.2. The molecule has 0 spiro atoms. The number of nitrogens with one attached hydrogen (secondary N) is 2. The number of anilines is 3. The van der Waals surface area contributed by atoms with Crippen LogP contribution < -0.4 is 15.4 Å². The highest BCUT2D eigenvalue weighted by atomic mass is 16.6. The molecule has 3 N–H and O–H groups in total. The summed E-state index contributed by atoms with van der Waals surface area (Å²) in [4.78, 5) is 21.9. The molecule has 0 amide bonds. The van der Waals surface area contributed by atoms with E-state index >= 15 is 0 Å². The van der Waals surface area contributed by atoms with E-state index in [9.17, 15) is 9.90 Å². The number of hydrogen-bond acceptors (Lipinski definition) is 10. The minimum absolute atomic E-state index is 0.0420. The molecule has 5 fully saturated rings. The minimum Gasteiger partial charge on any atom is -0.469 e. The zero-order valence-electron chi connectivity index (χ0n) is 21.9. The van der Waals surface area contributed by atoms with Gasteiger partial charge in [0.2, 0.25) is 11.8 Å². The van der Waals surface area contributed by atoms with Gasteiger partial charge >= 0.3 is 6.09 Å². The number of aromatic nitrogens is 4. The van der Waals surface area contributed by atoms with Crippen molar-refractivity contribution < 1.29 is 24.1 Å². The van der Waals surface area contributed by atoms with Gasteiger partial charge in [0.05, 0.1) is 18.8 Å². The average molecular weight is 513 g/mol. The standard InChI is InChI=1S/C26H36N6O5/c1-14-5-20(31-32(14)24(33)37-25(2,3)4)27-19-8-21(36-18-12-35-13-18)29-23(28-19)30-22-16-6-15-7-17(22)11-26(34,9-15)10-16/h5,8,15-18,22,34H,6-7,9-13H2,1-4H3,(H2,27,28,29,30,31). The van der Waals surface area contributed by atoms with Crippen molar-refractivity contribution in [3.63, 3.8) is 0 Å². The molecule has 1 saturated heterocycles. The maximum atomic E-state index is 12.5. The van der Waals surface area contributed by atoms with Crippen LogP contribution in [-0.4, -0.2) is 67.5 Å². The first-order valence-corrected chi connectivity index (χ1v) is 13.2. The van der Waals surface area contributed by atoms with E-state index in [0.717, 1.165) is 32.1 Å². The molecule has 4 saturated carbocycles. The van der Waals surface area contributed by atoms with Gasteiger partial charge in [0, 0.05) is 23.9 Å². The maximum absolute atomic E-state index is 12.5. The highest BCUT2D eigenvalue weighted by Crippen LogP contribution is 2.56. The quantitative estimate of drug-likeness (QED) is 0.527. The van der Waals surface area contributed by atoms with E-state index in [-0.39, 0.29) is 12.1 Å². The Balaban J connectivity index is 1.23. The molecule has 2 aromatic heterocycles. The Hall–Kier alpha value is -2.92. The van der Waals surface area contributed by atoms with E-state index in [2.05, 4.69) is 20.7 Å². The summed E-state index contributed by atoms with van der Waals surface area (Å²) in [6, 6.07) is 3.71. The molecular weight excluding hydrogens is 476 g/mol. The van der Waals surface area contributed by atoms with E-state index in [1.54, 1.807) is 19.1 Å². The molecule has 0 radical (unpaired) electrons. The Morgan fingerprint density at radius 3 is 2.49 bits per heavy atom. The van der Waals surface area contributed by atoms with Crippen molar-refractivity contribution in [2.24, 2.45) is 17.8 Å². The van der Waals surface area contributed by atoms with Crippen LogP contribution in [0.15, 0.2) is 12.1 Å². The van der Waals surface area contributed by atoms with E-state index < -0.39 is 17.3 Å². The van der Waals surface area contributed by atoms with Crippen LogP contribution in [0.5, 0.6) is 5.88 Å². The van der Waals surface area contributed by atoms with Gasteiger partial charge in [-0.05, 0) is 77.6 Å². The van der Waals surface area contributed by atoms with Crippen LogP contribution in [-0.2, 0) is 9.47 Å². The smallest absolute Gasteiger partial charge is 0.435 e. The molecule has 37 heavy (non-hydrogen) atoms. The van der Waals surface area contributed by atoms with Crippen LogP contribution >= 0.6 is 0 Å². The SMILES string of the molecule is Cc1cc(Nc2cc(OC3COC3)nc(NC3C4CC5CC3CC(O)(C5)C4)n2)nn1C(=O)OC(C)(C)C. The zero-order valence-corrected chi connectivity index (χ0v) is 21.9. The minimum atomic E-state index is -0.624. The molecule has 4 bridgehead atoms. The molecular formula is C26H36N6O5. The van der Waals surface area contributed by atoms with Crippen molar-refractivity contribution in [1.82, 2.24) is 19.7 Å². The van der Waals surface area contributed by atoms with E-state index in [4.69, 9.17) is 19.2 Å². The number of rotatable bonds is 6. The predicted octanol–water partition coefficient (Wildman–Crippen LogP) is 3.64. The van der Waals surface area contributed by atoms with Gasteiger partial charge in [-0.2, -0.15) is 14.6 Å². The number of ether oxygens (including phenoxy) is 3. The van der Waals surface area contributed by atoms with Crippen LogP contribution in [0.4, 0.5) is 22.4 Å². The first kappa shape index (κ1) is 24.4. The Bertz CT molecular complexity index is 1170. The Morgan fingerprint density at radius 1 is 1.14 bits per heavy atom. The van der Waals surface area contributed by atoms with E-state index in [1.165, 1.54) is 4.68 Å². The topological polar surface area (TPSA) is 133 Å². The molecule has 7 rings (SSSR count). The fraction of sp³-hybridized carbons (Fsp3) is 0.692. The highest BCUT2D eigenvalue weighted by Gasteiger charge is 2.54. The van der Waals surface area contributed by atoms with Crippen molar-refractivity contribution in [2.45, 2.75) is 83.1 Å². The third-order valence-corrected chi connectivity index (χ3v) is 7.84. The first-order chi connectivity index (χ1) is 17.5. The molecule has 0 aromatic carbocycles. The summed E-state index contributed by atoms with van der Waals surface area (Å²) in [5.74, 6) is 3.33. The van der Waals surface area contributed by atoms with Gasteiger partial charge in [-0.15, -0.1) is 5.10 Å². The summed E-state index contributed by atoms with van der Waals surface area (Å²) in [5, 5.41) is 22.1. The van der Waals surface area contributed by atoms with Gasteiger partial charge in [0.25, 0.3) is 0 Å². The average Bonchev–Trinajstić information content (AvgIpc) is 3.11. The lowest BCUT2D eigenvalue weighted by atomic mass is 9.52. The molecule has 4 aliphatic carbocycles. The lowest BCUT2D eigenvalue weighted by Gasteiger charge is -2.58. The first-order valence-electron chi connectivity index (χ1n) is 13.2. The van der Waals surface area contributed by atoms with E-state index in [0.29, 0.717) is 60.1 Å². The van der Waals surface area contributed by atoms with Crippen LogP contribution in [0.2, 0.25) is 0 Å². The number of carbonyl (C=O) groups excluding carboxylic acids is 1. The lowest BCUT2D eigenvalue weighted by molar-refractivity contribution is -0.129. The molecule has 2 atom stereocenters. The zero-order chi connectivity index (χ0) is 25.9. The Kier molecular flexibility index (Phi) is 5.83. The highest BCUT2D eigenvalue weighted by molar-refractivity contribution is 5.72. The van der Waals surface area contributed by atoms with Crippen molar-refractivity contribution in [2.75, 3.05) is 23.8 Å². The van der Waals surface area contributed by atoms with Gasteiger partial charge in [-0.25, -0.2) is 4.79 Å². The van der Waals surface area contributed by atoms with Crippen molar-refractivity contribution in [3.05, 3.63) is 17.8 Å². The lowest BCUT2D eigenvalue weighted by Crippen LogP contribution is -2.59. The van der Waals surface area contributed by atoms with Crippen LogP contribution in [0, 0.1) is 24.7 Å². The molecule has 11 heteroatoms. The molecule has 1 aliphatic heterocycles. The number of aryl methyl sites for hydroxylation is 1. The van der Waals surface area contributed by atoms with Crippen LogP contribution in [0.1, 0.15) is 58.6 Å². The monoisotopic (exact) mass is 512 g/mol. The molecule has 2 unspecified atom stereocenters.